The number of rotatable bonds is 0. The van der Waals surface area contributed by atoms with E-state index in [0.717, 1.165) is 12.1 Å². The average Bonchev–Trinajstić information content (AvgIpc) is 2.26. The molecule has 2 nitrogen and oxygen atoms in total. The van der Waals surface area contributed by atoms with Crippen LogP contribution in [0.2, 0.25) is 0 Å². The number of carbonyl (C=O) groups is 1. The van der Waals surface area contributed by atoms with Gasteiger partial charge in [-0.25, -0.2) is 0 Å². The van der Waals surface area contributed by atoms with E-state index in [9.17, 15) is 18.0 Å². The van der Waals surface area contributed by atoms with Gasteiger partial charge in [0.15, 0.2) is 0 Å². The minimum Gasteiger partial charge on any atom is -0.299 e. The van der Waals surface area contributed by atoms with Crippen molar-refractivity contribution < 1.29 is 18.0 Å². The monoisotopic (exact) mass is 263 g/mol. The molecule has 1 amide bonds. The first-order valence-corrected chi connectivity index (χ1v) is 5.44. The van der Waals surface area contributed by atoms with E-state index in [1.165, 1.54) is 11.0 Å². The molecule has 2 rings (SSSR count). The Kier molecular flexibility index (Phi) is 3.03. The van der Waals surface area contributed by atoms with Gasteiger partial charge in [-0.2, -0.15) is 13.2 Å². The number of fused-ring (bicyclic) bond motifs is 1. The van der Waals surface area contributed by atoms with Crippen LogP contribution in [0.5, 0.6) is 0 Å². The average molecular weight is 264 g/mol. The molecule has 0 aromatic heterocycles. The van der Waals surface area contributed by atoms with Crippen molar-refractivity contribution in [1.82, 2.24) is 0 Å². The molecule has 0 spiro atoms. The highest BCUT2D eigenvalue weighted by Gasteiger charge is 2.32. The van der Waals surface area contributed by atoms with Crippen LogP contribution in [0.15, 0.2) is 18.2 Å². The number of amides is 1. The first-order chi connectivity index (χ1) is 7.89. The second-order valence-corrected chi connectivity index (χ2v) is 4.17. The smallest absolute Gasteiger partial charge is 0.299 e. The van der Waals surface area contributed by atoms with Gasteiger partial charge in [-0.3, -0.25) is 9.69 Å². The van der Waals surface area contributed by atoms with Gasteiger partial charge in [-0.05, 0) is 48.2 Å². The third-order valence-electron chi connectivity index (χ3n) is 2.74. The summed E-state index contributed by atoms with van der Waals surface area (Å²) in [7, 11) is 0. The van der Waals surface area contributed by atoms with Crippen molar-refractivity contribution in [2.24, 2.45) is 0 Å². The van der Waals surface area contributed by atoms with Gasteiger partial charge in [0.05, 0.1) is 5.56 Å². The van der Waals surface area contributed by atoms with E-state index in [-0.39, 0.29) is 0 Å². The molecule has 0 bridgehead atoms. The Labute approximate surface area is 101 Å². The summed E-state index contributed by atoms with van der Waals surface area (Å²) in [5.74, 6) is 0. The van der Waals surface area contributed by atoms with E-state index in [1.807, 2.05) is 0 Å². The van der Waals surface area contributed by atoms with Crippen molar-refractivity contribution in [1.29, 1.82) is 0 Å². The van der Waals surface area contributed by atoms with Crippen LogP contribution < -0.4 is 4.90 Å². The van der Waals surface area contributed by atoms with Gasteiger partial charge in [-0.15, -0.1) is 0 Å². The molecule has 1 aromatic carbocycles. The van der Waals surface area contributed by atoms with E-state index in [1.54, 1.807) is 0 Å². The van der Waals surface area contributed by atoms with Gasteiger partial charge >= 0.3 is 11.5 Å². The fraction of sp³-hybridized carbons (Fsp3) is 0.364. The van der Waals surface area contributed by atoms with Gasteiger partial charge in [0.2, 0.25) is 0 Å². The number of nitrogens with zero attached hydrogens (tertiary/aromatic N) is 1. The summed E-state index contributed by atoms with van der Waals surface area (Å²) in [6.07, 6.45) is -3.21. The quantitative estimate of drug-likeness (QED) is 0.515. The molecule has 0 N–H and O–H groups in total. The summed E-state index contributed by atoms with van der Waals surface area (Å²) in [6.45, 7) is 0.445. The molecule has 0 aliphatic carbocycles. The van der Waals surface area contributed by atoms with Crippen molar-refractivity contribution in [3.05, 3.63) is 29.3 Å². The van der Waals surface area contributed by atoms with Crippen LogP contribution in [0.1, 0.15) is 17.5 Å². The summed E-state index contributed by atoms with van der Waals surface area (Å²) in [5, 5.41) is -0.661. The predicted molar refractivity (Wildman–Crippen MR) is 58.4 cm³/mol. The van der Waals surface area contributed by atoms with Gasteiger partial charge in [0, 0.05) is 12.2 Å². The molecule has 0 saturated heterocycles. The maximum Gasteiger partial charge on any atom is 0.416 e. The lowest BCUT2D eigenvalue weighted by Gasteiger charge is -2.28. The summed E-state index contributed by atoms with van der Waals surface area (Å²) >= 11 is 5.38. The third-order valence-corrected chi connectivity index (χ3v) is 2.94. The second kappa shape index (κ2) is 4.22. The Hall–Kier alpha value is -1.23. The topological polar surface area (TPSA) is 20.3 Å². The highest BCUT2D eigenvalue weighted by Crippen LogP contribution is 2.35. The van der Waals surface area contributed by atoms with Crippen molar-refractivity contribution in [3.63, 3.8) is 0 Å². The van der Waals surface area contributed by atoms with Crippen LogP contribution in [0.25, 0.3) is 0 Å². The van der Waals surface area contributed by atoms with Gasteiger partial charge < -0.3 is 0 Å². The maximum absolute atomic E-state index is 12.5. The molecule has 1 heterocycles. The number of aryl methyl sites for hydroxylation is 1. The predicted octanol–water partition coefficient (Wildman–Crippen LogP) is 3.82. The lowest BCUT2D eigenvalue weighted by Crippen LogP contribution is -2.31. The van der Waals surface area contributed by atoms with Crippen LogP contribution in [0.3, 0.4) is 0 Å². The molecule has 0 fully saturated rings. The molecule has 0 atom stereocenters. The minimum absolute atomic E-state index is 0.445. The largest absolute Gasteiger partial charge is 0.416 e. The normalized spacial score (nSPS) is 15.6. The van der Waals surface area contributed by atoms with Crippen molar-refractivity contribution in [3.8, 4) is 0 Å². The lowest BCUT2D eigenvalue weighted by atomic mass is 9.99. The van der Waals surface area contributed by atoms with Gasteiger partial charge in [-0.1, -0.05) is 0 Å². The Morgan fingerprint density at radius 1 is 1.35 bits per heavy atom. The van der Waals surface area contributed by atoms with E-state index in [2.05, 4.69) is 0 Å². The molecular weight excluding hydrogens is 255 g/mol. The van der Waals surface area contributed by atoms with Gasteiger partial charge in [0.25, 0.3) is 0 Å². The Morgan fingerprint density at radius 2 is 2.06 bits per heavy atom. The Morgan fingerprint density at radius 3 is 2.65 bits per heavy atom. The van der Waals surface area contributed by atoms with E-state index < -0.39 is 17.1 Å². The highest BCUT2D eigenvalue weighted by atomic mass is 35.5. The zero-order valence-electron chi connectivity index (χ0n) is 8.72. The fourth-order valence-corrected chi connectivity index (χ4v) is 2.13. The zero-order chi connectivity index (χ0) is 12.6. The zero-order valence-corrected chi connectivity index (χ0v) is 9.48. The highest BCUT2D eigenvalue weighted by molar-refractivity contribution is 6.66. The van der Waals surface area contributed by atoms with E-state index >= 15 is 0 Å². The Balaban J connectivity index is 2.43. The van der Waals surface area contributed by atoms with Crippen molar-refractivity contribution in [2.75, 3.05) is 11.4 Å². The second-order valence-electron chi connectivity index (χ2n) is 3.85. The summed E-state index contributed by atoms with van der Waals surface area (Å²) in [5.41, 5.74) is 0.296. The number of carbonyl (C=O) groups excluding carboxylic acids is 1. The molecule has 0 radical (unpaired) electrons. The number of alkyl halides is 3. The van der Waals surface area contributed by atoms with Crippen LogP contribution in [-0.4, -0.2) is 11.9 Å². The molecule has 0 saturated carbocycles. The first kappa shape index (κ1) is 12.2. The van der Waals surface area contributed by atoms with Crippen molar-refractivity contribution in [2.45, 2.75) is 19.0 Å². The number of anilines is 1. The van der Waals surface area contributed by atoms with Crippen LogP contribution in [0.4, 0.5) is 23.7 Å². The SMILES string of the molecule is O=C(Cl)N1CCCc2cc(C(F)(F)F)ccc21. The first-order valence-electron chi connectivity index (χ1n) is 5.07. The third kappa shape index (κ3) is 2.39. The summed E-state index contributed by atoms with van der Waals surface area (Å²) < 4.78 is 37.5. The number of halogens is 4. The number of hydrogen-bond acceptors (Lipinski definition) is 1. The molecule has 6 heteroatoms. The fourth-order valence-electron chi connectivity index (χ4n) is 1.96. The summed E-state index contributed by atoms with van der Waals surface area (Å²) in [4.78, 5) is 12.4. The maximum atomic E-state index is 12.5. The molecule has 1 aliphatic rings. The molecule has 1 aliphatic heterocycles. The standard InChI is InChI=1S/C11H9ClF3NO/c12-10(17)16-5-1-2-7-6-8(11(13,14)15)3-4-9(7)16/h3-4,6H,1-2,5H2. The Bertz CT molecular complexity index is 459. The van der Waals surface area contributed by atoms with Crippen LogP contribution in [-0.2, 0) is 12.6 Å². The van der Waals surface area contributed by atoms with E-state index in [0.29, 0.717) is 30.6 Å². The number of hydrogen-bond donors (Lipinski definition) is 0. The van der Waals surface area contributed by atoms with Crippen molar-refractivity contribution >= 4 is 22.7 Å². The number of benzene rings is 1. The molecule has 17 heavy (non-hydrogen) atoms. The lowest BCUT2D eigenvalue weighted by molar-refractivity contribution is -0.137. The minimum atomic E-state index is -4.36. The van der Waals surface area contributed by atoms with Crippen LogP contribution >= 0.6 is 11.6 Å². The molecule has 1 aromatic rings. The van der Waals surface area contributed by atoms with Gasteiger partial charge in [0.1, 0.15) is 0 Å². The molecule has 0 unspecified atom stereocenters. The van der Waals surface area contributed by atoms with Crippen LogP contribution in [0, 0.1) is 0 Å². The molecular formula is C11H9ClF3NO. The molecule has 92 valence electrons. The summed E-state index contributed by atoms with van der Waals surface area (Å²) in [6, 6.07) is 3.36. The van der Waals surface area contributed by atoms with E-state index in [4.69, 9.17) is 11.6 Å².